The topological polar surface area (TPSA) is 70.0 Å². The third-order valence-electron chi connectivity index (χ3n) is 4.00. The van der Waals surface area contributed by atoms with Gasteiger partial charge in [-0.05, 0) is 35.7 Å². The zero-order chi connectivity index (χ0) is 16.1. The molecule has 0 fully saturated rings. The molecular weight excluding hydrogens is 288 g/mol. The van der Waals surface area contributed by atoms with Crippen LogP contribution in [0, 0.1) is 11.3 Å². The third-order valence-corrected chi connectivity index (χ3v) is 4.00. The van der Waals surface area contributed by atoms with Crippen molar-refractivity contribution in [2.24, 2.45) is 0 Å². The molecule has 0 saturated carbocycles. The Morgan fingerprint density at radius 3 is 3.00 bits per heavy atom. The molecule has 2 aromatic rings. The van der Waals surface area contributed by atoms with Gasteiger partial charge in [-0.25, -0.2) is 4.98 Å². The average molecular weight is 308 g/mol. The maximum atomic E-state index is 8.84. The van der Waals surface area contributed by atoms with Gasteiger partial charge in [0.05, 0.1) is 23.9 Å². The fourth-order valence-corrected chi connectivity index (χ4v) is 2.62. The first kappa shape index (κ1) is 15.3. The minimum atomic E-state index is 0.0746. The average Bonchev–Trinajstić information content (AvgIpc) is 2.61. The van der Waals surface area contributed by atoms with Gasteiger partial charge < -0.3 is 15.4 Å². The first-order valence-corrected chi connectivity index (χ1v) is 7.82. The lowest BCUT2D eigenvalue weighted by atomic mass is 10.00. The van der Waals surface area contributed by atoms with E-state index in [-0.39, 0.29) is 6.10 Å². The second kappa shape index (κ2) is 7.12. The van der Waals surface area contributed by atoms with Crippen molar-refractivity contribution in [3.05, 3.63) is 53.7 Å². The summed E-state index contributed by atoms with van der Waals surface area (Å²) in [6.07, 6.45) is 1.81. The number of hydrogen-bond acceptors (Lipinski definition) is 5. The molecule has 1 aromatic heterocycles. The van der Waals surface area contributed by atoms with Gasteiger partial charge in [-0.15, -0.1) is 0 Å². The third kappa shape index (κ3) is 3.79. The number of nitrogens with zero attached hydrogens (tertiary/aromatic N) is 2. The maximum absolute atomic E-state index is 8.84. The molecule has 2 N–H and O–H groups in total. The highest BCUT2D eigenvalue weighted by atomic mass is 16.5. The summed E-state index contributed by atoms with van der Waals surface area (Å²) in [5, 5.41) is 15.6. The van der Waals surface area contributed by atoms with E-state index in [1.54, 1.807) is 6.20 Å². The molecule has 118 valence electrons. The molecule has 0 bridgehead atoms. The molecule has 3 rings (SSSR count). The molecule has 1 aromatic carbocycles. The first-order chi connectivity index (χ1) is 11.3. The number of benzene rings is 1. The van der Waals surface area contributed by atoms with Crippen LogP contribution in [0.1, 0.15) is 24.0 Å². The Morgan fingerprint density at radius 1 is 1.39 bits per heavy atom. The Kier molecular flexibility index (Phi) is 4.74. The van der Waals surface area contributed by atoms with Crippen LogP contribution in [0.3, 0.4) is 0 Å². The summed E-state index contributed by atoms with van der Waals surface area (Å²) >= 11 is 0. The van der Waals surface area contributed by atoms with Crippen molar-refractivity contribution in [1.82, 2.24) is 10.3 Å². The number of pyridine rings is 1. The number of hydrogen-bond donors (Lipinski definition) is 2. The molecule has 0 amide bonds. The van der Waals surface area contributed by atoms with Crippen LogP contribution in [0.5, 0.6) is 5.88 Å². The highest BCUT2D eigenvalue weighted by Crippen LogP contribution is 2.25. The van der Waals surface area contributed by atoms with E-state index in [1.807, 2.05) is 36.4 Å². The number of nitriles is 1. The molecule has 1 aliphatic heterocycles. The zero-order valence-electron chi connectivity index (χ0n) is 13.1. The Hall–Kier alpha value is -2.58. The largest absolute Gasteiger partial charge is 0.470 e. The normalized spacial score (nSPS) is 17.3. The minimum absolute atomic E-state index is 0.0746. The van der Waals surface area contributed by atoms with E-state index in [1.165, 1.54) is 5.56 Å². The lowest BCUT2D eigenvalue weighted by Crippen LogP contribution is -2.40. The standard InChI is InChI=1S/C18H20N4O/c1-13(15-6-4-14(9-19)5-7-15)10-20-11-16-12-22-17-3-2-8-21-18(17)23-16/h2-8,13,16,20,22H,10-12H2,1H3. The smallest absolute Gasteiger partial charge is 0.237 e. The van der Waals surface area contributed by atoms with Gasteiger partial charge in [0.15, 0.2) is 0 Å². The highest BCUT2D eigenvalue weighted by Gasteiger charge is 2.19. The minimum Gasteiger partial charge on any atom is -0.470 e. The van der Waals surface area contributed by atoms with E-state index in [2.05, 4.69) is 28.6 Å². The fourth-order valence-electron chi connectivity index (χ4n) is 2.62. The first-order valence-electron chi connectivity index (χ1n) is 7.82. The molecule has 5 heteroatoms. The van der Waals surface area contributed by atoms with Gasteiger partial charge in [0, 0.05) is 19.3 Å². The second-order valence-electron chi connectivity index (χ2n) is 5.77. The summed E-state index contributed by atoms with van der Waals surface area (Å²) in [6, 6.07) is 13.8. The number of aromatic nitrogens is 1. The van der Waals surface area contributed by atoms with E-state index in [4.69, 9.17) is 10.00 Å². The van der Waals surface area contributed by atoms with Crippen molar-refractivity contribution in [2.75, 3.05) is 25.0 Å². The van der Waals surface area contributed by atoms with Gasteiger partial charge in [-0.2, -0.15) is 5.26 Å². The Morgan fingerprint density at radius 2 is 2.22 bits per heavy atom. The van der Waals surface area contributed by atoms with Crippen LogP contribution in [-0.4, -0.2) is 30.7 Å². The summed E-state index contributed by atoms with van der Waals surface area (Å²) < 4.78 is 5.88. The summed E-state index contributed by atoms with van der Waals surface area (Å²) in [6.45, 7) is 4.58. The number of anilines is 1. The van der Waals surface area contributed by atoms with Gasteiger partial charge in [0.1, 0.15) is 6.10 Å². The van der Waals surface area contributed by atoms with Crippen LogP contribution in [0.4, 0.5) is 5.69 Å². The summed E-state index contributed by atoms with van der Waals surface area (Å²) in [5.41, 5.74) is 2.88. The van der Waals surface area contributed by atoms with Crippen molar-refractivity contribution in [2.45, 2.75) is 18.9 Å². The van der Waals surface area contributed by atoms with Crippen molar-refractivity contribution < 1.29 is 4.74 Å². The van der Waals surface area contributed by atoms with Gasteiger partial charge in [-0.3, -0.25) is 0 Å². The molecule has 0 aliphatic carbocycles. The van der Waals surface area contributed by atoms with Crippen LogP contribution in [0.2, 0.25) is 0 Å². The van der Waals surface area contributed by atoms with Gasteiger partial charge in [0.25, 0.3) is 0 Å². The number of ether oxygens (including phenoxy) is 1. The fraction of sp³-hybridized carbons (Fsp3) is 0.333. The van der Waals surface area contributed by atoms with Crippen LogP contribution in [-0.2, 0) is 0 Å². The number of nitrogens with one attached hydrogen (secondary N) is 2. The van der Waals surface area contributed by atoms with Crippen molar-refractivity contribution in [3.8, 4) is 11.9 Å². The van der Waals surface area contributed by atoms with Crippen LogP contribution in [0.15, 0.2) is 42.6 Å². The second-order valence-corrected chi connectivity index (χ2v) is 5.77. The summed E-state index contributed by atoms with van der Waals surface area (Å²) in [4.78, 5) is 4.24. The molecule has 5 nitrogen and oxygen atoms in total. The van der Waals surface area contributed by atoms with Crippen LogP contribution < -0.4 is 15.4 Å². The molecule has 0 spiro atoms. The monoisotopic (exact) mass is 308 g/mol. The lowest BCUT2D eigenvalue weighted by molar-refractivity contribution is 0.193. The molecular formula is C18H20N4O. The van der Waals surface area contributed by atoms with E-state index in [0.717, 1.165) is 25.3 Å². The van der Waals surface area contributed by atoms with Crippen molar-refractivity contribution >= 4 is 5.69 Å². The van der Waals surface area contributed by atoms with E-state index in [0.29, 0.717) is 17.4 Å². The molecule has 23 heavy (non-hydrogen) atoms. The maximum Gasteiger partial charge on any atom is 0.237 e. The molecule has 2 unspecified atom stereocenters. The predicted molar refractivity (Wildman–Crippen MR) is 89.6 cm³/mol. The Bertz CT molecular complexity index is 693. The van der Waals surface area contributed by atoms with Crippen molar-refractivity contribution in [1.29, 1.82) is 5.26 Å². The van der Waals surface area contributed by atoms with Gasteiger partial charge >= 0.3 is 0 Å². The zero-order valence-corrected chi connectivity index (χ0v) is 13.1. The SMILES string of the molecule is CC(CNCC1CNc2cccnc2O1)c1ccc(C#N)cc1. The molecule has 2 atom stereocenters. The number of fused-ring (bicyclic) bond motifs is 1. The van der Waals surface area contributed by atoms with Crippen LogP contribution >= 0.6 is 0 Å². The van der Waals surface area contributed by atoms with Crippen LogP contribution in [0.25, 0.3) is 0 Å². The lowest BCUT2D eigenvalue weighted by Gasteiger charge is -2.27. The van der Waals surface area contributed by atoms with E-state index >= 15 is 0 Å². The predicted octanol–water partition coefficient (Wildman–Crippen LogP) is 2.52. The molecule has 1 aliphatic rings. The Labute approximate surface area is 136 Å². The quantitative estimate of drug-likeness (QED) is 0.888. The molecule has 2 heterocycles. The highest BCUT2D eigenvalue weighted by molar-refractivity contribution is 5.53. The van der Waals surface area contributed by atoms with Gasteiger partial charge in [-0.1, -0.05) is 19.1 Å². The van der Waals surface area contributed by atoms with E-state index in [9.17, 15) is 0 Å². The van der Waals surface area contributed by atoms with E-state index < -0.39 is 0 Å². The summed E-state index contributed by atoms with van der Waals surface area (Å²) in [7, 11) is 0. The number of rotatable bonds is 5. The van der Waals surface area contributed by atoms with Crippen molar-refractivity contribution in [3.63, 3.8) is 0 Å². The molecule has 0 radical (unpaired) electrons. The van der Waals surface area contributed by atoms with Gasteiger partial charge in [0.2, 0.25) is 5.88 Å². The molecule has 0 saturated heterocycles. The Balaban J connectivity index is 1.47. The summed E-state index contributed by atoms with van der Waals surface area (Å²) in [5.74, 6) is 1.05.